The molecule has 0 heterocycles. The number of hydrogen-bond acceptors (Lipinski definition) is 5. The van der Waals surface area contributed by atoms with Crippen LogP contribution >= 0.6 is 0 Å². The van der Waals surface area contributed by atoms with E-state index in [2.05, 4.69) is 12.7 Å². The Kier molecular flexibility index (Phi) is 30.6. The monoisotopic (exact) mass is 299 g/mol. The maximum Gasteiger partial charge on any atom is 0.304 e. The number of nitrogens with zero attached hydrogens (tertiary/aromatic N) is 1. The topological polar surface area (TPSA) is 127 Å². The van der Waals surface area contributed by atoms with Gasteiger partial charge in [0.05, 0.1) is 12.5 Å². The van der Waals surface area contributed by atoms with E-state index < -0.39 is 5.97 Å². The van der Waals surface area contributed by atoms with Gasteiger partial charge in [-0.05, 0) is 20.5 Å². The van der Waals surface area contributed by atoms with Crippen LogP contribution in [0.3, 0.4) is 0 Å². The van der Waals surface area contributed by atoms with Gasteiger partial charge in [0.1, 0.15) is 6.29 Å². The second kappa shape index (κ2) is 22.7. The molecule has 7 nitrogen and oxygen atoms in total. The van der Waals surface area contributed by atoms with Crippen molar-refractivity contribution in [3.63, 3.8) is 0 Å². The number of primary amides is 1. The molecular formula is C13H31N3O4. The molecule has 0 spiro atoms. The minimum atomic E-state index is -0.836. The van der Waals surface area contributed by atoms with E-state index in [1.165, 1.54) is 0 Å². The first-order valence-corrected chi connectivity index (χ1v) is 6.10. The lowest BCUT2D eigenvalue weighted by atomic mass is 10.1. The van der Waals surface area contributed by atoms with Crippen LogP contribution in [0.5, 0.6) is 0 Å². The first kappa shape index (κ1) is 27.0. The third-order valence-electron chi connectivity index (χ3n) is 2.03. The number of aliphatic carboxylic acids is 1. The maximum atomic E-state index is 10.4. The highest BCUT2D eigenvalue weighted by Gasteiger charge is 2.07. The number of likely N-dealkylation sites (N-methyl/N-ethyl adjacent to an activating group) is 1. The standard InChI is InChI=1S/C8H17NO.C3H7NO2.CH3NO.CH4/c1-4-5-6-8(7-10)9(2)3;4-2-1-3(5)6;2-1-3;/h7-8H,4-6H2,1-3H3;1-2,4H2,(H,5,6);1H,(H2,2,3);1H4/i1+1,2+1;2+1,4+1;2*1+1. The Morgan fingerprint density at radius 2 is 1.80 bits per heavy atom. The van der Waals surface area contributed by atoms with Gasteiger partial charge in [0.25, 0.3) is 0 Å². The van der Waals surface area contributed by atoms with Gasteiger partial charge in [-0.15, -0.1) is 0 Å². The van der Waals surface area contributed by atoms with E-state index in [4.69, 9.17) is 15.6 Å². The van der Waals surface area contributed by atoms with Gasteiger partial charge in [-0.25, -0.2) is 0 Å². The molecular weight excluding hydrogens is 268 g/mol. The molecule has 0 bridgehead atoms. The number of rotatable bonds is 7. The molecule has 0 aliphatic rings. The van der Waals surface area contributed by atoms with Crippen LogP contribution in [0.4, 0.5) is 0 Å². The van der Waals surface area contributed by atoms with Crippen molar-refractivity contribution in [1.82, 2.24) is 4.90 Å². The third kappa shape index (κ3) is 30.0. The van der Waals surface area contributed by atoms with Crippen molar-refractivity contribution in [2.24, 2.45) is 11.5 Å². The Morgan fingerprint density at radius 3 is 1.95 bits per heavy atom. The number of carboxylic acids is 1. The summed E-state index contributed by atoms with van der Waals surface area (Å²) in [6, 6.07) is 0.125. The quantitative estimate of drug-likeness (QED) is 0.356. The van der Waals surface area contributed by atoms with Crippen molar-refractivity contribution in [1.29, 1.82) is 0 Å². The second-order valence-corrected chi connectivity index (χ2v) is 3.88. The summed E-state index contributed by atoms with van der Waals surface area (Å²) in [5.41, 5.74) is 9.02. The molecule has 0 fully saturated rings. The van der Waals surface area contributed by atoms with Gasteiger partial charge in [0.2, 0.25) is 6.41 Å². The van der Waals surface area contributed by atoms with Gasteiger partial charge in [-0.3, -0.25) is 9.59 Å². The van der Waals surface area contributed by atoms with Crippen molar-refractivity contribution in [2.75, 3.05) is 20.6 Å². The minimum Gasteiger partial charge on any atom is -0.481 e. The van der Waals surface area contributed by atoms with Crippen LogP contribution in [0.25, 0.3) is 0 Å². The Hall–Kier alpha value is -1.47. The van der Waals surface area contributed by atoms with E-state index in [-0.39, 0.29) is 32.8 Å². The molecule has 122 valence electrons. The molecule has 0 aromatic heterocycles. The maximum absolute atomic E-state index is 10.4. The summed E-state index contributed by atoms with van der Waals surface area (Å²) in [6.07, 6.45) is 4.64. The first-order valence-electron chi connectivity index (χ1n) is 6.10. The molecule has 0 aliphatic carbocycles. The third-order valence-corrected chi connectivity index (χ3v) is 2.03. The fourth-order valence-electron chi connectivity index (χ4n) is 0.985. The summed E-state index contributed by atoms with van der Waals surface area (Å²) in [7, 11) is 3.88. The highest BCUT2D eigenvalue weighted by Crippen LogP contribution is 2.02. The number of unbranched alkanes of at least 4 members (excludes halogenated alkanes) is 1. The lowest BCUT2D eigenvalue weighted by Crippen LogP contribution is -2.28. The highest BCUT2D eigenvalue weighted by molar-refractivity contribution is 5.66. The smallest absolute Gasteiger partial charge is 0.304 e. The second-order valence-electron chi connectivity index (χ2n) is 3.88. The lowest BCUT2D eigenvalue weighted by Gasteiger charge is -2.17. The number of aldehydes is 1. The Morgan fingerprint density at radius 1 is 1.35 bits per heavy atom. The van der Waals surface area contributed by atoms with E-state index in [1.807, 2.05) is 19.0 Å². The predicted octanol–water partition coefficient (Wildman–Crippen LogP) is 0.463. The normalized spacial score (nSPS) is 9.85. The lowest BCUT2D eigenvalue weighted by molar-refractivity contribution is -0.136. The Balaban J connectivity index is -0.000000110. The van der Waals surface area contributed by atoms with Crippen molar-refractivity contribution in [2.45, 2.75) is 46.1 Å². The van der Waals surface area contributed by atoms with Crippen LogP contribution < -0.4 is 11.5 Å². The molecule has 1 unspecified atom stereocenters. The molecule has 0 aromatic carbocycles. The first-order chi connectivity index (χ1) is 8.90. The highest BCUT2D eigenvalue weighted by atomic mass is 16.4. The molecule has 5 N–H and O–H groups in total. The molecule has 20 heavy (non-hydrogen) atoms. The molecule has 0 saturated carbocycles. The summed E-state index contributed by atoms with van der Waals surface area (Å²) in [6.45, 7) is 2.37. The fraction of sp³-hybridized carbons (Fsp3) is 0.769. The van der Waals surface area contributed by atoms with Crippen LogP contribution in [0.15, 0.2) is 0 Å². The number of hydrogen-bond donors (Lipinski definition) is 3. The Labute approximate surface area is 122 Å². The van der Waals surface area contributed by atoms with Gasteiger partial charge in [-0.1, -0.05) is 27.2 Å². The summed E-state index contributed by atoms with van der Waals surface area (Å²) in [5.74, 6) is -0.836. The van der Waals surface area contributed by atoms with Crippen LogP contribution in [0.2, 0.25) is 0 Å². The van der Waals surface area contributed by atoms with Crippen LogP contribution in [0.1, 0.15) is 40.0 Å². The zero-order chi connectivity index (χ0) is 15.7. The van der Waals surface area contributed by atoms with E-state index in [9.17, 15) is 9.59 Å². The summed E-state index contributed by atoms with van der Waals surface area (Å²) >= 11 is 0. The average molecular weight is 299 g/mol. The van der Waals surface area contributed by atoms with Crippen molar-refractivity contribution in [3.05, 3.63) is 0 Å². The Bertz CT molecular complexity index is 224. The number of carboxylic acid groups (broad SMARTS) is 1. The molecule has 0 saturated heterocycles. The minimum absolute atomic E-state index is 0. The molecule has 0 radical (unpaired) electrons. The summed E-state index contributed by atoms with van der Waals surface area (Å²) < 4.78 is 0. The molecule has 7 heteroatoms. The SMILES string of the molecule is CN([13CH3])C(C=O)CCC[13CH3].N[13CH]=O.[13CH4].[15NH2][13CH2]CC(=O)O. The van der Waals surface area contributed by atoms with Gasteiger partial charge in [0.15, 0.2) is 0 Å². The van der Waals surface area contributed by atoms with Crippen LogP contribution in [-0.2, 0) is 14.4 Å². The zero-order valence-corrected chi connectivity index (χ0v) is 12.0. The van der Waals surface area contributed by atoms with E-state index >= 15 is 0 Å². The van der Waals surface area contributed by atoms with Crippen LogP contribution in [0, 0.1) is 0 Å². The molecule has 0 aromatic rings. The van der Waals surface area contributed by atoms with Gasteiger partial charge in [-0.2, -0.15) is 0 Å². The summed E-state index contributed by atoms with van der Waals surface area (Å²) in [5, 5.41) is 7.83. The van der Waals surface area contributed by atoms with Gasteiger partial charge < -0.3 is 26.3 Å². The summed E-state index contributed by atoms with van der Waals surface area (Å²) in [4.78, 5) is 30.5. The molecule has 0 rings (SSSR count). The zero-order valence-electron chi connectivity index (χ0n) is 12.0. The molecule has 0 aliphatic heterocycles. The molecule has 1 amide bonds. The fourth-order valence-corrected chi connectivity index (χ4v) is 0.985. The number of nitrogens with two attached hydrogens (primary N) is 2. The van der Waals surface area contributed by atoms with E-state index in [0.717, 1.165) is 25.5 Å². The van der Waals surface area contributed by atoms with Crippen molar-refractivity contribution >= 4 is 18.7 Å². The van der Waals surface area contributed by atoms with E-state index in [0.29, 0.717) is 0 Å². The average Bonchev–Trinajstić information content (AvgIpc) is 2.31. The van der Waals surface area contributed by atoms with Crippen LogP contribution in [-0.4, -0.2) is 55.4 Å². The largest absolute Gasteiger partial charge is 0.481 e. The predicted molar refractivity (Wildman–Crippen MR) is 81.4 cm³/mol. The van der Waals surface area contributed by atoms with Gasteiger partial charge >= 0.3 is 5.97 Å². The number of amides is 1. The van der Waals surface area contributed by atoms with Crippen molar-refractivity contribution < 1.29 is 19.5 Å². The number of carbonyl (C=O) groups is 3. The van der Waals surface area contributed by atoms with Crippen molar-refractivity contribution in [3.8, 4) is 0 Å². The number of carbonyl (C=O) groups excluding carboxylic acids is 2. The molecule has 1 atom stereocenters. The van der Waals surface area contributed by atoms with Gasteiger partial charge in [0, 0.05) is 6.54 Å². The van der Waals surface area contributed by atoms with E-state index in [1.54, 1.807) is 0 Å².